The number of hydrazone groups is 1. The Morgan fingerprint density at radius 2 is 1.76 bits per heavy atom. The van der Waals surface area contributed by atoms with Crippen molar-refractivity contribution in [1.82, 2.24) is 5.43 Å². The molecule has 34 heavy (non-hydrogen) atoms. The van der Waals surface area contributed by atoms with Gasteiger partial charge < -0.3 is 14.2 Å². The third kappa shape index (κ3) is 7.42. The lowest BCUT2D eigenvalue weighted by Gasteiger charge is -2.14. The van der Waals surface area contributed by atoms with Crippen LogP contribution in [0.2, 0.25) is 20.1 Å². The first kappa shape index (κ1) is 26.4. The summed E-state index contributed by atoms with van der Waals surface area (Å²) in [5, 5.41) is 5.64. The fourth-order valence-corrected chi connectivity index (χ4v) is 4.04. The van der Waals surface area contributed by atoms with Crippen molar-refractivity contribution in [3.8, 4) is 17.2 Å². The molecule has 0 saturated carbocycles. The van der Waals surface area contributed by atoms with E-state index in [1.54, 1.807) is 36.4 Å². The van der Waals surface area contributed by atoms with Crippen LogP contribution in [0.25, 0.3) is 0 Å². The number of carbonyl (C=O) groups is 1. The lowest BCUT2D eigenvalue weighted by molar-refractivity contribution is -0.123. The largest absolute Gasteiger partial charge is 0.493 e. The van der Waals surface area contributed by atoms with Crippen molar-refractivity contribution in [2.75, 3.05) is 13.7 Å². The number of hydrogen-bond donors (Lipinski definition) is 1. The molecule has 3 rings (SSSR count). The molecule has 3 aromatic rings. The summed E-state index contributed by atoms with van der Waals surface area (Å²) in [6, 6.07) is 13.5. The minimum Gasteiger partial charge on any atom is -0.493 e. The summed E-state index contributed by atoms with van der Waals surface area (Å²) in [5.74, 6) is 0.858. The molecule has 0 bridgehead atoms. The molecule has 0 heterocycles. The quantitative estimate of drug-likeness (QED) is 0.207. The van der Waals surface area contributed by atoms with Gasteiger partial charge in [0.25, 0.3) is 5.91 Å². The SMILES string of the molecule is COc1cc(/C=N\NC(=O)COc2ccc(Cl)cc2Cl)cc(Br)c1OCc1ccc(Cl)c(Cl)c1. The number of ether oxygens (including phenoxy) is 3. The van der Waals surface area contributed by atoms with Gasteiger partial charge in [0.1, 0.15) is 12.4 Å². The maximum Gasteiger partial charge on any atom is 0.277 e. The molecule has 1 N–H and O–H groups in total. The Morgan fingerprint density at radius 3 is 2.47 bits per heavy atom. The van der Waals surface area contributed by atoms with Crippen LogP contribution in [0.3, 0.4) is 0 Å². The van der Waals surface area contributed by atoms with E-state index in [-0.39, 0.29) is 13.2 Å². The van der Waals surface area contributed by atoms with Crippen molar-refractivity contribution in [2.45, 2.75) is 6.61 Å². The number of methoxy groups -OCH3 is 1. The maximum absolute atomic E-state index is 12.0. The third-order valence-electron chi connectivity index (χ3n) is 4.27. The van der Waals surface area contributed by atoms with Crippen LogP contribution in [0.1, 0.15) is 11.1 Å². The Labute approximate surface area is 224 Å². The molecule has 0 aliphatic carbocycles. The van der Waals surface area contributed by atoms with E-state index in [0.29, 0.717) is 47.4 Å². The maximum atomic E-state index is 12.0. The van der Waals surface area contributed by atoms with E-state index in [1.807, 2.05) is 6.07 Å². The summed E-state index contributed by atoms with van der Waals surface area (Å²) >= 11 is 27.3. The number of rotatable bonds is 9. The summed E-state index contributed by atoms with van der Waals surface area (Å²) in [6.45, 7) is -0.0137. The number of nitrogens with one attached hydrogen (secondary N) is 1. The summed E-state index contributed by atoms with van der Waals surface area (Å²) in [7, 11) is 1.52. The molecule has 3 aromatic carbocycles. The third-order valence-corrected chi connectivity index (χ3v) is 6.13. The van der Waals surface area contributed by atoms with Crippen molar-refractivity contribution in [3.63, 3.8) is 0 Å². The fourth-order valence-electron chi connectivity index (χ4n) is 2.69. The van der Waals surface area contributed by atoms with Crippen molar-refractivity contribution >= 4 is 74.5 Å². The highest BCUT2D eigenvalue weighted by molar-refractivity contribution is 9.10. The van der Waals surface area contributed by atoms with Crippen LogP contribution in [0.4, 0.5) is 0 Å². The second-order valence-corrected chi connectivity index (χ2v) is 9.24. The lowest BCUT2D eigenvalue weighted by atomic mass is 10.2. The number of hydrogen-bond acceptors (Lipinski definition) is 5. The van der Waals surface area contributed by atoms with Gasteiger partial charge in [0, 0.05) is 5.02 Å². The minimum atomic E-state index is -0.463. The van der Waals surface area contributed by atoms with Gasteiger partial charge >= 0.3 is 0 Å². The molecule has 0 aliphatic heterocycles. The molecular weight excluding hydrogens is 590 g/mol. The highest BCUT2D eigenvalue weighted by Gasteiger charge is 2.12. The molecule has 11 heteroatoms. The van der Waals surface area contributed by atoms with E-state index >= 15 is 0 Å². The van der Waals surface area contributed by atoms with Crippen LogP contribution in [0.15, 0.2) is 58.1 Å². The predicted molar refractivity (Wildman–Crippen MR) is 139 cm³/mol. The Balaban J connectivity index is 1.59. The number of amides is 1. The van der Waals surface area contributed by atoms with Crippen LogP contribution in [0, 0.1) is 0 Å². The average Bonchev–Trinajstić information content (AvgIpc) is 2.79. The first-order chi connectivity index (χ1) is 16.3. The summed E-state index contributed by atoms with van der Waals surface area (Å²) < 4.78 is 17.4. The van der Waals surface area contributed by atoms with Crippen LogP contribution in [-0.2, 0) is 11.4 Å². The average molecular weight is 607 g/mol. The van der Waals surface area contributed by atoms with E-state index in [4.69, 9.17) is 60.6 Å². The van der Waals surface area contributed by atoms with E-state index in [2.05, 4.69) is 26.5 Å². The fraction of sp³-hybridized carbons (Fsp3) is 0.130. The first-order valence-electron chi connectivity index (χ1n) is 9.61. The molecule has 178 valence electrons. The van der Waals surface area contributed by atoms with Gasteiger partial charge in [-0.1, -0.05) is 52.5 Å². The molecule has 0 spiro atoms. The van der Waals surface area contributed by atoms with Crippen LogP contribution in [0.5, 0.6) is 17.2 Å². The predicted octanol–water partition coefficient (Wildman–Crippen LogP) is 7.18. The zero-order valence-corrected chi connectivity index (χ0v) is 22.2. The van der Waals surface area contributed by atoms with Gasteiger partial charge in [-0.2, -0.15) is 5.10 Å². The molecule has 0 radical (unpaired) electrons. The van der Waals surface area contributed by atoms with Gasteiger partial charge in [0.2, 0.25) is 0 Å². The number of halogens is 5. The van der Waals surface area contributed by atoms with E-state index in [9.17, 15) is 4.79 Å². The molecule has 0 aromatic heterocycles. The van der Waals surface area contributed by atoms with Crippen molar-refractivity contribution in [3.05, 3.63) is 84.2 Å². The Kier molecular flexibility index (Phi) is 9.74. The van der Waals surface area contributed by atoms with Crippen LogP contribution >= 0.6 is 62.3 Å². The van der Waals surface area contributed by atoms with Gasteiger partial charge in [-0.05, 0) is 69.5 Å². The van der Waals surface area contributed by atoms with Crippen molar-refractivity contribution in [2.24, 2.45) is 5.10 Å². The number of nitrogens with zero attached hydrogens (tertiary/aromatic N) is 1. The Bertz CT molecular complexity index is 1220. The molecular formula is C23H17BrCl4N2O4. The van der Waals surface area contributed by atoms with E-state index in [1.165, 1.54) is 19.4 Å². The van der Waals surface area contributed by atoms with Gasteiger partial charge in [-0.15, -0.1) is 0 Å². The molecule has 0 aliphatic rings. The minimum absolute atomic E-state index is 0.257. The second-order valence-electron chi connectivity index (χ2n) is 6.73. The summed E-state index contributed by atoms with van der Waals surface area (Å²) in [4.78, 5) is 12.0. The van der Waals surface area contributed by atoms with Gasteiger partial charge in [-0.25, -0.2) is 5.43 Å². The molecule has 0 unspecified atom stereocenters. The number of carbonyl (C=O) groups excluding carboxylic acids is 1. The Morgan fingerprint density at radius 1 is 0.971 bits per heavy atom. The second kappa shape index (κ2) is 12.5. The topological polar surface area (TPSA) is 69.2 Å². The summed E-state index contributed by atoms with van der Waals surface area (Å²) in [5.41, 5.74) is 3.89. The molecule has 0 saturated heterocycles. The van der Waals surface area contributed by atoms with E-state index in [0.717, 1.165) is 5.56 Å². The van der Waals surface area contributed by atoms with Crippen LogP contribution in [-0.4, -0.2) is 25.8 Å². The highest BCUT2D eigenvalue weighted by Crippen LogP contribution is 2.37. The molecule has 1 amide bonds. The molecule has 6 nitrogen and oxygen atoms in total. The standard InChI is InChI=1S/C23H17BrCl4N2O4/c1-32-21-8-14(6-16(24)23(21)34-11-13-2-4-17(26)18(27)7-13)10-29-30-22(31)12-33-20-5-3-15(25)9-19(20)28/h2-10H,11-12H2,1H3,(H,30,31)/b29-10-. The lowest BCUT2D eigenvalue weighted by Crippen LogP contribution is -2.24. The molecule has 0 atom stereocenters. The monoisotopic (exact) mass is 604 g/mol. The highest BCUT2D eigenvalue weighted by atomic mass is 79.9. The van der Waals surface area contributed by atoms with Crippen molar-refractivity contribution < 1.29 is 19.0 Å². The summed E-state index contributed by atoms with van der Waals surface area (Å²) in [6.07, 6.45) is 1.46. The zero-order chi connectivity index (χ0) is 24.7. The van der Waals surface area contributed by atoms with Gasteiger partial charge in [0.15, 0.2) is 18.1 Å². The van der Waals surface area contributed by atoms with Gasteiger partial charge in [0.05, 0.1) is 32.9 Å². The van der Waals surface area contributed by atoms with Gasteiger partial charge in [-0.3, -0.25) is 4.79 Å². The van der Waals surface area contributed by atoms with Crippen LogP contribution < -0.4 is 19.6 Å². The smallest absolute Gasteiger partial charge is 0.277 e. The number of benzene rings is 3. The first-order valence-corrected chi connectivity index (χ1v) is 11.9. The molecule has 0 fully saturated rings. The zero-order valence-electron chi connectivity index (χ0n) is 17.6. The Hall–Kier alpha value is -2.16. The van der Waals surface area contributed by atoms with Crippen molar-refractivity contribution in [1.29, 1.82) is 0 Å². The normalized spacial score (nSPS) is 10.9. The van der Waals surface area contributed by atoms with E-state index < -0.39 is 5.91 Å².